The van der Waals surface area contributed by atoms with Crippen LogP contribution in [0.2, 0.25) is 0 Å². The Morgan fingerprint density at radius 1 is 1.22 bits per heavy atom. The fourth-order valence-electron chi connectivity index (χ4n) is 3.31. The van der Waals surface area contributed by atoms with E-state index < -0.39 is 17.3 Å². The maximum absolute atomic E-state index is 13.0. The first-order chi connectivity index (χ1) is 12.5. The molecule has 150 valence electrons. The number of nitrogens with zero attached hydrogens (tertiary/aromatic N) is 1. The minimum Gasteiger partial charge on any atom is -0.444 e. The van der Waals surface area contributed by atoms with E-state index in [2.05, 4.69) is 0 Å². The van der Waals surface area contributed by atoms with Gasteiger partial charge < -0.3 is 14.4 Å². The number of rotatable bonds is 4. The largest absolute Gasteiger partial charge is 0.444 e. The third-order valence-corrected chi connectivity index (χ3v) is 4.59. The SMILES string of the molecule is CC(C)(C)OC(=O)N1CCC(c2ccc(C(F)(F)F)cc2CCC=O)CC1. The van der Waals surface area contributed by atoms with Crippen molar-refractivity contribution < 1.29 is 27.5 Å². The smallest absolute Gasteiger partial charge is 0.416 e. The van der Waals surface area contributed by atoms with Gasteiger partial charge in [-0.15, -0.1) is 0 Å². The van der Waals surface area contributed by atoms with Crippen LogP contribution in [0, 0.1) is 0 Å². The molecule has 1 aliphatic heterocycles. The van der Waals surface area contributed by atoms with E-state index in [4.69, 9.17) is 4.74 Å². The van der Waals surface area contributed by atoms with Crippen molar-refractivity contribution in [3.8, 4) is 0 Å². The van der Waals surface area contributed by atoms with Gasteiger partial charge in [-0.3, -0.25) is 0 Å². The van der Waals surface area contributed by atoms with E-state index in [1.807, 2.05) is 0 Å². The van der Waals surface area contributed by atoms with Crippen LogP contribution in [0.3, 0.4) is 0 Å². The highest BCUT2D eigenvalue weighted by Crippen LogP contribution is 2.36. The summed E-state index contributed by atoms with van der Waals surface area (Å²) in [6.45, 7) is 6.40. The van der Waals surface area contributed by atoms with E-state index in [0.717, 1.165) is 24.0 Å². The molecule has 1 fully saturated rings. The summed E-state index contributed by atoms with van der Waals surface area (Å²) in [6, 6.07) is 3.77. The van der Waals surface area contributed by atoms with Gasteiger partial charge in [-0.2, -0.15) is 13.2 Å². The predicted molar refractivity (Wildman–Crippen MR) is 95.6 cm³/mol. The van der Waals surface area contributed by atoms with Crippen LogP contribution < -0.4 is 0 Å². The van der Waals surface area contributed by atoms with E-state index in [0.29, 0.717) is 31.5 Å². The molecule has 27 heavy (non-hydrogen) atoms. The Labute approximate surface area is 157 Å². The number of amides is 1. The number of halogens is 3. The zero-order valence-corrected chi connectivity index (χ0v) is 15.9. The van der Waals surface area contributed by atoms with E-state index in [9.17, 15) is 22.8 Å². The molecule has 1 aromatic carbocycles. The van der Waals surface area contributed by atoms with Crippen LogP contribution in [0.1, 0.15) is 62.6 Å². The first-order valence-corrected chi connectivity index (χ1v) is 9.13. The molecule has 0 radical (unpaired) electrons. The Morgan fingerprint density at radius 3 is 2.37 bits per heavy atom. The molecule has 0 spiro atoms. The molecule has 0 N–H and O–H groups in total. The van der Waals surface area contributed by atoms with E-state index in [1.165, 1.54) is 6.07 Å². The van der Waals surface area contributed by atoms with Crippen molar-refractivity contribution in [2.45, 2.75) is 64.1 Å². The van der Waals surface area contributed by atoms with Gasteiger partial charge in [0.1, 0.15) is 11.9 Å². The standard InChI is InChI=1S/C20H26F3NO3/c1-19(2,3)27-18(26)24-10-8-14(9-11-24)17-7-6-16(20(21,22)23)13-15(17)5-4-12-25/h6-7,12-14H,4-5,8-11H2,1-3H3. The van der Waals surface area contributed by atoms with Crippen LogP contribution in [0.4, 0.5) is 18.0 Å². The molecule has 4 nitrogen and oxygen atoms in total. The Hall–Kier alpha value is -2.05. The number of carbonyl (C=O) groups is 2. The molecule has 0 saturated carbocycles. The lowest BCUT2D eigenvalue weighted by molar-refractivity contribution is -0.137. The van der Waals surface area contributed by atoms with Crippen molar-refractivity contribution in [1.82, 2.24) is 4.90 Å². The minimum atomic E-state index is -4.41. The Bertz CT molecular complexity index is 672. The molecule has 1 heterocycles. The Balaban J connectivity index is 2.12. The highest BCUT2D eigenvalue weighted by molar-refractivity contribution is 5.68. The van der Waals surface area contributed by atoms with Gasteiger partial charge in [0.15, 0.2) is 0 Å². The molecular formula is C20H26F3NO3. The second kappa shape index (κ2) is 8.31. The summed E-state index contributed by atoms with van der Waals surface area (Å²) < 4.78 is 44.4. The first-order valence-electron chi connectivity index (χ1n) is 9.13. The number of hydrogen-bond acceptors (Lipinski definition) is 3. The van der Waals surface area contributed by atoms with E-state index >= 15 is 0 Å². The summed E-state index contributed by atoms with van der Waals surface area (Å²) in [5, 5.41) is 0. The van der Waals surface area contributed by atoms with Crippen LogP contribution in [0.15, 0.2) is 18.2 Å². The first kappa shape index (κ1) is 21.3. The van der Waals surface area contributed by atoms with Crippen molar-refractivity contribution in [1.29, 1.82) is 0 Å². The molecule has 7 heteroatoms. The van der Waals surface area contributed by atoms with Crippen molar-refractivity contribution in [3.05, 3.63) is 34.9 Å². The lowest BCUT2D eigenvalue weighted by atomic mass is 9.84. The van der Waals surface area contributed by atoms with Crippen LogP contribution in [-0.4, -0.2) is 36.0 Å². The summed E-state index contributed by atoms with van der Waals surface area (Å²) >= 11 is 0. The molecular weight excluding hydrogens is 359 g/mol. The van der Waals surface area contributed by atoms with Crippen LogP contribution in [0.25, 0.3) is 0 Å². The third kappa shape index (κ3) is 5.97. The zero-order valence-electron chi connectivity index (χ0n) is 15.9. The molecule has 0 unspecified atom stereocenters. The number of benzene rings is 1. The maximum atomic E-state index is 13.0. The van der Waals surface area contributed by atoms with E-state index in [-0.39, 0.29) is 24.9 Å². The lowest BCUT2D eigenvalue weighted by Gasteiger charge is -2.34. The quantitative estimate of drug-likeness (QED) is 0.689. The van der Waals surface area contributed by atoms with Gasteiger partial charge in [0, 0.05) is 19.5 Å². The summed E-state index contributed by atoms with van der Waals surface area (Å²) in [5.74, 6) is 0.0626. The fourth-order valence-corrected chi connectivity index (χ4v) is 3.31. The van der Waals surface area contributed by atoms with Gasteiger partial charge in [-0.1, -0.05) is 6.07 Å². The normalized spacial score (nSPS) is 16.3. The summed E-state index contributed by atoms with van der Waals surface area (Å²) in [6.07, 6.45) is -2.28. The number of aldehydes is 1. The van der Waals surface area contributed by atoms with Gasteiger partial charge >= 0.3 is 12.3 Å². The molecule has 0 aromatic heterocycles. The van der Waals surface area contributed by atoms with Gasteiger partial charge in [-0.05, 0) is 69.2 Å². The summed E-state index contributed by atoms with van der Waals surface area (Å²) in [7, 11) is 0. The van der Waals surface area contributed by atoms with Gasteiger partial charge in [0.2, 0.25) is 0 Å². The zero-order chi connectivity index (χ0) is 20.2. The number of likely N-dealkylation sites (tertiary alicyclic amines) is 1. The molecule has 0 atom stereocenters. The number of ether oxygens (including phenoxy) is 1. The second-order valence-corrected chi connectivity index (χ2v) is 7.86. The molecule has 0 bridgehead atoms. The molecule has 1 aliphatic rings. The maximum Gasteiger partial charge on any atom is 0.416 e. The number of aryl methyl sites for hydroxylation is 1. The van der Waals surface area contributed by atoms with Gasteiger partial charge in [0.05, 0.1) is 5.56 Å². The van der Waals surface area contributed by atoms with E-state index in [1.54, 1.807) is 25.7 Å². The fraction of sp³-hybridized carbons (Fsp3) is 0.600. The molecule has 1 saturated heterocycles. The second-order valence-electron chi connectivity index (χ2n) is 7.86. The van der Waals surface area contributed by atoms with Crippen LogP contribution in [-0.2, 0) is 22.1 Å². The average Bonchev–Trinajstić information content (AvgIpc) is 2.57. The number of alkyl halides is 3. The minimum absolute atomic E-state index is 0.0626. The highest BCUT2D eigenvalue weighted by atomic mass is 19.4. The highest BCUT2D eigenvalue weighted by Gasteiger charge is 2.32. The topological polar surface area (TPSA) is 46.6 Å². The molecule has 1 aromatic rings. The van der Waals surface area contributed by atoms with Gasteiger partial charge in [-0.25, -0.2) is 4.79 Å². The third-order valence-electron chi connectivity index (χ3n) is 4.59. The Morgan fingerprint density at radius 2 is 1.85 bits per heavy atom. The molecule has 0 aliphatic carbocycles. The van der Waals surface area contributed by atoms with Crippen molar-refractivity contribution in [3.63, 3.8) is 0 Å². The number of piperidine rings is 1. The molecule has 1 amide bonds. The average molecular weight is 385 g/mol. The van der Waals surface area contributed by atoms with Gasteiger partial charge in [0.25, 0.3) is 0 Å². The van der Waals surface area contributed by atoms with Crippen molar-refractivity contribution in [2.24, 2.45) is 0 Å². The molecule has 2 rings (SSSR count). The summed E-state index contributed by atoms with van der Waals surface area (Å²) in [5.41, 5.74) is 0.142. The number of hydrogen-bond donors (Lipinski definition) is 0. The monoisotopic (exact) mass is 385 g/mol. The van der Waals surface area contributed by atoms with Crippen molar-refractivity contribution in [2.75, 3.05) is 13.1 Å². The Kier molecular flexibility index (Phi) is 6.54. The lowest BCUT2D eigenvalue weighted by Crippen LogP contribution is -2.41. The van der Waals surface area contributed by atoms with Crippen LogP contribution in [0.5, 0.6) is 0 Å². The summed E-state index contributed by atoms with van der Waals surface area (Å²) in [4.78, 5) is 24.5. The predicted octanol–water partition coefficient (Wildman–Crippen LogP) is 4.95. The van der Waals surface area contributed by atoms with Crippen molar-refractivity contribution >= 4 is 12.4 Å². The number of carbonyl (C=O) groups excluding carboxylic acids is 2. The van der Waals surface area contributed by atoms with Crippen LogP contribution >= 0.6 is 0 Å².